The topological polar surface area (TPSA) is 23.1 Å². The maximum Gasteiger partial charge on any atom is 0.105 e. The molecule has 1 atom stereocenters. The summed E-state index contributed by atoms with van der Waals surface area (Å²) in [4.78, 5) is 0. The van der Waals surface area contributed by atoms with Gasteiger partial charge in [-0.15, -0.1) is 0 Å². The number of unbranched alkanes of at least 4 members (excludes halogenated alkanes) is 2. The van der Waals surface area contributed by atoms with Gasteiger partial charge in [0.1, 0.15) is 11.5 Å². The minimum atomic E-state index is -0.584. The van der Waals surface area contributed by atoms with E-state index < -0.39 is 11.2 Å². The molecule has 1 unspecified atom stereocenters. The van der Waals surface area contributed by atoms with Gasteiger partial charge in [-0.2, -0.15) is 0 Å². The van der Waals surface area contributed by atoms with E-state index in [9.17, 15) is 4.55 Å². The maximum atomic E-state index is 11.0. The maximum absolute atomic E-state index is 11.0. The van der Waals surface area contributed by atoms with Crippen LogP contribution in [0.1, 0.15) is 32.6 Å². The van der Waals surface area contributed by atoms with E-state index in [4.69, 9.17) is 0 Å². The number of hydrogen-bond donors (Lipinski definition) is 0. The molecule has 0 N–H and O–H groups in total. The van der Waals surface area contributed by atoms with Crippen molar-refractivity contribution < 1.29 is 4.55 Å². The van der Waals surface area contributed by atoms with Gasteiger partial charge in [-0.3, -0.25) is 0 Å². The normalized spacial score (nSPS) is 13.5. The van der Waals surface area contributed by atoms with Gasteiger partial charge in [-0.25, -0.2) is 0 Å². The van der Waals surface area contributed by atoms with Crippen LogP contribution in [-0.4, -0.2) is 16.1 Å². The van der Waals surface area contributed by atoms with E-state index in [1.54, 1.807) is 0 Å². The summed E-state index contributed by atoms with van der Waals surface area (Å²) < 4.78 is 11.0. The van der Waals surface area contributed by atoms with Crippen LogP contribution in [-0.2, 0) is 11.2 Å². The predicted octanol–water partition coefficient (Wildman–Crippen LogP) is 2.15. The zero-order chi connectivity index (χ0) is 7.82. The Bertz CT molecular complexity index is 66.3. The van der Waals surface area contributed by atoms with Gasteiger partial charge in [0, 0.05) is 0 Å². The second kappa shape index (κ2) is 7.42. The summed E-state index contributed by atoms with van der Waals surface area (Å²) >= 11 is -0.584. The van der Waals surface area contributed by atoms with E-state index in [1.807, 2.05) is 0 Å². The van der Waals surface area contributed by atoms with Gasteiger partial charge in [0.25, 0.3) is 0 Å². The summed E-state index contributed by atoms with van der Waals surface area (Å²) in [6.45, 7) is 5.82. The molecule has 0 amide bonds. The Balaban J connectivity index is 2.97. The summed E-state index contributed by atoms with van der Waals surface area (Å²) in [6, 6.07) is 0. The van der Waals surface area contributed by atoms with Crippen LogP contribution < -0.4 is 0 Å². The van der Waals surface area contributed by atoms with Crippen molar-refractivity contribution in [2.24, 2.45) is 0 Å². The van der Waals surface area contributed by atoms with Crippen LogP contribution in [0.4, 0.5) is 0 Å². The van der Waals surface area contributed by atoms with E-state index in [1.165, 1.54) is 12.8 Å². The van der Waals surface area contributed by atoms with Gasteiger partial charge in [-0.1, -0.05) is 24.5 Å². The minimum Gasteiger partial charge on any atom is -0.616 e. The summed E-state index contributed by atoms with van der Waals surface area (Å²) in [5, 5.41) is 0. The fraction of sp³-hybridized carbons (Fsp3) is 0.875. The Morgan fingerprint density at radius 1 is 1.30 bits per heavy atom. The lowest BCUT2D eigenvalue weighted by atomic mass is 10.3. The standard InChI is InChI=1S/C8H17OS/c1-3-5-6-8-10(9)7-4-2/h2-8H2,1H3. The molecule has 0 aromatic heterocycles. The van der Waals surface area contributed by atoms with Gasteiger partial charge in [-0.05, 0) is 26.2 Å². The SMILES string of the molecule is [CH2]CC[S+]([O-])CCCCC. The van der Waals surface area contributed by atoms with E-state index in [-0.39, 0.29) is 0 Å². The van der Waals surface area contributed by atoms with Crippen LogP contribution in [0, 0.1) is 6.92 Å². The summed E-state index contributed by atoms with van der Waals surface area (Å²) in [5.74, 6) is 1.66. The highest BCUT2D eigenvalue weighted by molar-refractivity contribution is 7.91. The lowest BCUT2D eigenvalue weighted by molar-refractivity contribution is 0.589. The highest BCUT2D eigenvalue weighted by Gasteiger charge is 2.01. The molecule has 1 nitrogen and oxygen atoms in total. The van der Waals surface area contributed by atoms with Crippen molar-refractivity contribution in [1.82, 2.24) is 0 Å². The van der Waals surface area contributed by atoms with Gasteiger partial charge in [0.05, 0.1) is 0 Å². The molecule has 0 heterocycles. The highest BCUT2D eigenvalue weighted by Crippen LogP contribution is 2.00. The molecule has 0 saturated heterocycles. The average molecular weight is 161 g/mol. The summed E-state index contributed by atoms with van der Waals surface area (Å²) in [5.41, 5.74) is 0. The highest BCUT2D eigenvalue weighted by atomic mass is 32.2. The molecule has 1 radical (unpaired) electrons. The molecular formula is C8H17OS. The van der Waals surface area contributed by atoms with Crippen molar-refractivity contribution in [3.63, 3.8) is 0 Å². The molecule has 0 aliphatic heterocycles. The van der Waals surface area contributed by atoms with Crippen LogP contribution in [0.15, 0.2) is 0 Å². The van der Waals surface area contributed by atoms with Crippen molar-refractivity contribution in [2.75, 3.05) is 11.5 Å². The third-order valence-electron chi connectivity index (χ3n) is 1.35. The molecule has 2 heteroatoms. The first-order valence-electron chi connectivity index (χ1n) is 3.95. The van der Waals surface area contributed by atoms with E-state index in [0.717, 1.165) is 24.3 Å². The molecular weight excluding hydrogens is 144 g/mol. The first-order valence-corrected chi connectivity index (χ1v) is 5.44. The Kier molecular flexibility index (Phi) is 7.65. The van der Waals surface area contributed by atoms with E-state index >= 15 is 0 Å². The zero-order valence-electron chi connectivity index (χ0n) is 6.77. The first kappa shape index (κ1) is 10.3. The zero-order valence-corrected chi connectivity index (χ0v) is 7.58. The Hall–Kier alpha value is 0.310. The molecule has 0 spiro atoms. The van der Waals surface area contributed by atoms with Crippen LogP contribution in [0.5, 0.6) is 0 Å². The van der Waals surface area contributed by atoms with Gasteiger partial charge in [0.2, 0.25) is 0 Å². The van der Waals surface area contributed by atoms with Crippen molar-refractivity contribution in [3.05, 3.63) is 6.92 Å². The smallest absolute Gasteiger partial charge is 0.105 e. The molecule has 10 heavy (non-hydrogen) atoms. The molecule has 61 valence electrons. The number of rotatable bonds is 6. The molecule has 0 bridgehead atoms. The minimum absolute atomic E-state index is 0.584. The van der Waals surface area contributed by atoms with Crippen molar-refractivity contribution >= 4 is 11.2 Å². The number of hydrogen-bond acceptors (Lipinski definition) is 1. The molecule has 0 rings (SSSR count). The molecule has 0 aromatic carbocycles. The van der Waals surface area contributed by atoms with Gasteiger partial charge >= 0.3 is 0 Å². The third kappa shape index (κ3) is 6.43. The Labute approximate surface area is 67.4 Å². The monoisotopic (exact) mass is 161 g/mol. The van der Waals surface area contributed by atoms with E-state index in [2.05, 4.69) is 13.8 Å². The quantitative estimate of drug-likeness (QED) is 0.432. The van der Waals surface area contributed by atoms with Gasteiger partial charge < -0.3 is 4.55 Å². The van der Waals surface area contributed by atoms with Crippen LogP contribution >= 0.6 is 0 Å². The predicted molar refractivity (Wildman–Crippen MR) is 47.4 cm³/mol. The lowest BCUT2D eigenvalue weighted by Gasteiger charge is -2.08. The molecule has 0 aliphatic carbocycles. The fourth-order valence-corrected chi connectivity index (χ4v) is 1.83. The molecule has 0 saturated carbocycles. The second-order valence-corrected chi connectivity index (χ2v) is 4.10. The van der Waals surface area contributed by atoms with Crippen LogP contribution in [0.2, 0.25) is 0 Å². The van der Waals surface area contributed by atoms with Crippen LogP contribution in [0.3, 0.4) is 0 Å². The van der Waals surface area contributed by atoms with E-state index in [0.29, 0.717) is 0 Å². The van der Waals surface area contributed by atoms with Crippen molar-refractivity contribution in [1.29, 1.82) is 0 Å². The van der Waals surface area contributed by atoms with Gasteiger partial charge in [0.15, 0.2) is 0 Å². The van der Waals surface area contributed by atoms with Crippen LogP contribution in [0.25, 0.3) is 0 Å². The largest absolute Gasteiger partial charge is 0.616 e. The molecule has 0 aromatic rings. The summed E-state index contributed by atoms with van der Waals surface area (Å²) in [7, 11) is 0. The second-order valence-electron chi connectivity index (χ2n) is 2.41. The lowest BCUT2D eigenvalue weighted by Crippen LogP contribution is -2.10. The Morgan fingerprint density at radius 3 is 2.50 bits per heavy atom. The third-order valence-corrected chi connectivity index (χ3v) is 2.84. The van der Waals surface area contributed by atoms with Crippen molar-refractivity contribution in [3.8, 4) is 0 Å². The van der Waals surface area contributed by atoms with Crippen molar-refractivity contribution in [2.45, 2.75) is 32.6 Å². The fourth-order valence-electron chi connectivity index (χ4n) is 0.776. The Morgan fingerprint density at radius 2 is 2.00 bits per heavy atom. The summed E-state index contributed by atoms with van der Waals surface area (Å²) in [6.07, 6.45) is 4.34. The molecule has 0 aliphatic rings. The molecule has 0 fully saturated rings. The average Bonchev–Trinajstić information content (AvgIpc) is 1.89. The first-order chi connectivity index (χ1) is 4.81.